The molecule has 1 atom stereocenters. The molecule has 1 aromatic rings. The van der Waals surface area contributed by atoms with Gasteiger partial charge in [0.25, 0.3) is 5.91 Å². The summed E-state index contributed by atoms with van der Waals surface area (Å²) in [6.45, 7) is 3.06. The zero-order valence-electron chi connectivity index (χ0n) is 12.2. The molecule has 21 heavy (non-hydrogen) atoms. The summed E-state index contributed by atoms with van der Waals surface area (Å²) in [7, 11) is 1.51. The van der Waals surface area contributed by atoms with Crippen LogP contribution in [0.4, 0.5) is 10.1 Å². The maximum Gasteiger partial charge on any atom is 0.341 e. The number of methoxy groups -OCH3 is 1. The van der Waals surface area contributed by atoms with Crippen molar-refractivity contribution in [3.63, 3.8) is 0 Å². The molecule has 3 N–H and O–H groups in total. The topological polar surface area (TPSA) is 90.6 Å². The fraction of sp³-hybridized carbons (Fsp3) is 0.429. The molecule has 0 aliphatic rings. The maximum absolute atomic E-state index is 13.8. The fourth-order valence-corrected chi connectivity index (χ4v) is 1.76. The molecule has 0 spiro atoms. The van der Waals surface area contributed by atoms with Gasteiger partial charge in [-0.3, -0.25) is 4.79 Å². The number of ether oxygens (including phenoxy) is 2. The van der Waals surface area contributed by atoms with Gasteiger partial charge in [0, 0.05) is 18.8 Å². The van der Waals surface area contributed by atoms with Crippen LogP contribution in [0.25, 0.3) is 0 Å². The largest absolute Gasteiger partial charge is 0.452 e. The van der Waals surface area contributed by atoms with E-state index < -0.39 is 24.3 Å². The molecule has 1 unspecified atom stereocenters. The lowest BCUT2D eigenvalue weighted by atomic mass is 10.1. The molecule has 0 bridgehead atoms. The Hall–Kier alpha value is -2.15. The lowest BCUT2D eigenvalue weighted by Crippen LogP contribution is -2.38. The van der Waals surface area contributed by atoms with E-state index in [0.717, 1.165) is 0 Å². The molecule has 0 heterocycles. The second kappa shape index (κ2) is 7.58. The van der Waals surface area contributed by atoms with Gasteiger partial charge < -0.3 is 20.5 Å². The molecule has 0 aromatic heterocycles. The molecule has 116 valence electrons. The lowest BCUT2D eigenvalue weighted by molar-refractivity contribution is -0.125. The number of carbonyl (C=O) groups is 2. The Balaban J connectivity index is 2.60. The lowest BCUT2D eigenvalue weighted by Gasteiger charge is -2.13. The predicted octanol–water partition coefficient (Wildman–Crippen LogP) is 1.02. The third kappa shape index (κ3) is 5.03. The van der Waals surface area contributed by atoms with Crippen LogP contribution >= 0.6 is 0 Å². The summed E-state index contributed by atoms with van der Waals surface area (Å²) in [6.07, 6.45) is 0. The number of aryl methyl sites for hydroxylation is 1. The van der Waals surface area contributed by atoms with E-state index in [0.29, 0.717) is 6.61 Å². The Bertz CT molecular complexity index is 534. The molecular formula is C14H19FN2O4. The third-order valence-electron chi connectivity index (χ3n) is 2.66. The first-order chi connectivity index (χ1) is 9.85. The highest BCUT2D eigenvalue weighted by Gasteiger charge is 2.17. The van der Waals surface area contributed by atoms with Crippen molar-refractivity contribution in [3.05, 3.63) is 29.1 Å². The van der Waals surface area contributed by atoms with Crippen LogP contribution in [0.3, 0.4) is 0 Å². The zero-order valence-corrected chi connectivity index (χ0v) is 12.2. The number of nitrogens with one attached hydrogen (secondary N) is 1. The van der Waals surface area contributed by atoms with Gasteiger partial charge in [-0.05, 0) is 31.5 Å². The summed E-state index contributed by atoms with van der Waals surface area (Å²) in [5.41, 5.74) is 5.75. The van der Waals surface area contributed by atoms with Crippen LogP contribution in [-0.4, -0.2) is 38.2 Å². The predicted molar refractivity (Wildman–Crippen MR) is 75.3 cm³/mol. The minimum atomic E-state index is -0.933. The van der Waals surface area contributed by atoms with Gasteiger partial charge in [0.2, 0.25) is 0 Å². The first kappa shape index (κ1) is 16.9. The SMILES string of the molecule is COCC(C)NC(=O)COC(=O)c1cc(N)cc(C)c1F. The van der Waals surface area contributed by atoms with Crippen molar-refractivity contribution >= 4 is 17.6 Å². The Kier molecular flexibility index (Phi) is 6.10. The highest BCUT2D eigenvalue weighted by atomic mass is 19.1. The van der Waals surface area contributed by atoms with Gasteiger partial charge in [-0.2, -0.15) is 0 Å². The van der Waals surface area contributed by atoms with Crippen LogP contribution in [0.5, 0.6) is 0 Å². The minimum Gasteiger partial charge on any atom is -0.452 e. The molecule has 1 amide bonds. The smallest absolute Gasteiger partial charge is 0.341 e. The number of hydrogen-bond acceptors (Lipinski definition) is 5. The van der Waals surface area contributed by atoms with Gasteiger partial charge in [-0.25, -0.2) is 9.18 Å². The van der Waals surface area contributed by atoms with E-state index in [1.54, 1.807) is 6.92 Å². The van der Waals surface area contributed by atoms with Crippen molar-refractivity contribution in [3.8, 4) is 0 Å². The van der Waals surface area contributed by atoms with Crippen molar-refractivity contribution in [1.29, 1.82) is 0 Å². The number of nitrogen functional groups attached to an aromatic ring is 1. The minimum absolute atomic E-state index is 0.215. The van der Waals surface area contributed by atoms with Gasteiger partial charge in [0.15, 0.2) is 6.61 Å². The number of hydrogen-bond donors (Lipinski definition) is 2. The van der Waals surface area contributed by atoms with Crippen LogP contribution in [0, 0.1) is 12.7 Å². The number of esters is 1. The molecular weight excluding hydrogens is 279 g/mol. The Morgan fingerprint density at radius 2 is 2.10 bits per heavy atom. The summed E-state index contributed by atoms with van der Waals surface area (Å²) in [4.78, 5) is 23.3. The van der Waals surface area contributed by atoms with Crippen LogP contribution < -0.4 is 11.1 Å². The maximum atomic E-state index is 13.8. The van der Waals surface area contributed by atoms with Crippen molar-refractivity contribution < 1.29 is 23.5 Å². The summed E-state index contributed by atoms with van der Waals surface area (Å²) in [5.74, 6) is -2.13. The van der Waals surface area contributed by atoms with Gasteiger partial charge in [-0.15, -0.1) is 0 Å². The first-order valence-electron chi connectivity index (χ1n) is 6.36. The molecule has 1 rings (SSSR count). The molecule has 1 aromatic carbocycles. The number of anilines is 1. The van der Waals surface area contributed by atoms with Gasteiger partial charge in [0.05, 0.1) is 12.2 Å². The van der Waals surface area contributed by atoms with Crippen LogP contribution in [0.2, 0.25) is 0 Å². The quantitative estimate of drug-likeness (QED) is 0.604. The van der Waals surface area contributed by atoms with Gasteiger partial charge in [-0.1, -0.05) is 0 Å². The second-order valence-electron chi connectivity index (χ2n) is 4.70. The fourth-order valence-electron chi connectivity index (χ4n) is 1.76. The number of nitrogens with two attached hydrogens (primary N) is 1. The normalized spacial score (nSPS) is 11.8. The molecule has 0 fully saturated rings. The van der Waals surface area contributed by atoms with Crippen LogP contribution in [0.1, 0.15) is 22.8 Å². The van der Waals surface area contributed by atoms with E-state index in [9.17, 15) is 14.0 Å². The van der Waals surface area contributed by atoms with E-state index in [1.807, 2.05) is 0 Å². The van der Waals surface area contributed by atoms with Crippen LogP contribution in [-0.2, 0) is 14.3 Å². The molecule has 6 nitrogen and oxygen atoms in total. The van der Waals surface area contributed by atoms with E-state index in [-0.39, 0.29) is 22.9 Å². The number of amides is 1. The number of halogens is 1. The molecule has 0 saturated carbocycles. The summed E-state index contributed by atoms with van der Waals surface area (Å²) < 4.78 is 23.4. The van der Waals surface area contributed by atoms with E-state index >= 15 is 0 Å². The van der Waals surface area contributed by atoms with Crippen LogP contribution in [0.15, 0.2) is 12.1 Å². The summed E-state index contributed by atoms with van der Waals surface area (Å²) in [5, 5.41) is 2.57. The average molecular weight is 298 g/mol. The Morgan fingerprint density at radius 1 is 1.43 bits per heavy atom. The summed E-state index contributed by atoms with van der Waals surface area (Å²) in [6, 6.07) is 2.37. The van der Waals surface area contributed by atoms with E-state index in [1.165, 1.54) is 26.2 Å². The highest BCUT2D eigenvalue weighted by Crippen LogP contribution is 2.17. The number of benzene rings is 1. The third-order valence-corrected chi connectivity index (χ3v) is 2.66. The van der Waals surface area contributed by atoms with Crippen molar-refractivity contribution in [2.24, 2.45) is 0 Å². The Morgan fingerprint density at radius 3 is 2.71 bits per heavy atom. The number of carbonyl (C=O) groups excluding carboxylic acids is 2. The highest BCUT2D eigenvalue weighted by molar-refractivity contribution is 5.92. The monoisotopic (exact) mass is 298 g/mol. The molecule has 0 radical (unpaired) electrons. The second-order valence-corrected chi connectivity index (χ2v) is 4.70. The molecule has 0 aliphatic carbocycles. The van der Waals surface area contributed by atoms with E-state index in [4.69, 9.17) is 15.2 Å². The summed E-state index contributed by atoms with van der Waals surface area (Å²) >= 11 is 0. The molecule has 0 saturated heterocycles. The van der Waals surface area contributed by atoms with Gasteiger partial charge >= 0.3 is 5.97 Å². The average Bonchev–Trinajstić information content (AvgIpc) is 2.40. The standard InChI is InChI=1S/C14H19FN2O4/c1-8-4-10(16)5-11(13(8)15)14(19)21-7-12(18)17-9(2)6-20-3/h4-5,9H,6-7,16H2,1-3H3,(H,17,18). The first-order valence-corrected chi connectivity index (χ1v) is 6.36. The zero-order chi connectivity index (χ0) is 16.0. The van der Waals surface area contributed by atoms with Crippen molar-refractivity contribution in [1.82, 2.24) is 5.32 Å². The van der Waals surface area contributed by atoms with Crippen molar-refractivity contribution in [2.75, 3.05) is 26.1 Å². The van der Waals surface area contributed by atoms with Crippen molar-refractivity contribution in [2.45, 2.75) is 19.9 Å². The van der Waals surface area contributed by atoms with Gasteiger partial charge in [0.1, 0.15) is 5.82 Å². The Labute approximate surface area is 122 Å². The molecule has 7 heteroatoms. The molecule has 0 aliphatic heterocycles. The van der Waals surface area contributed by atoms with E-state index in [2.05, 4.69) is 5.32 Å². The number of rotatable bonds is 6.